The second-order valence-corrected chi connectivity index (χ2v) is 5.45. The number of thioether (sulfide) groups is 1. The van der Waals surface area contributed by atoms with Gasteiger partial charge in [-0.1, -0.05) is 6.92 Å². The maximum Gasteiger partial charge on any atom is 0.0233 e. The van der Waals surface area contributed by atoms with Gasteiger partial charge in [0, 0.05) is 36.7 Å². The van der Waals surface area contributed by atoms with Crippen LogP contribution in [0.1, 0.15) is 19.8 Å². The van der Waals surface area contributed by atoms with Crippen LogP contribution in [0.25, 0.3) is 0 Å². The van der Waals surface area contributed by atoms with Gasteiger partial charge >= 0.3 is 0 Å². The van der Waals surface area contributed by atoms with Crippen LogP contribution < -0.4 is 5.32 Å². The van der Waals surface area contributed by atoms with Crippen LogP contribution >= 0.6 is 11.8 Å². The molecule has 13 heavy (non-hydrogen) atoms. The van der Waals surface area contributed by atoms with Crippen molar-refractivity contribution in [1.82, 2.24) is 10.2 Å². The van der Waals surface area contributed by atoms with E-state index in [-0.39, 0.29) is 0 Å². The van der Waals surface area contributed by atoms with E-state index in [0.29, 0.717) is 0 Å². The van der Waals surface area contributed by atoms with E-state index in [0.717, 1.165) is 11.3 Å². The Bertz CT molecular complexity index is 157. The van der Waals surface area contributed by atoms with E-state index >= 15 is 0 Å². The molecule has 2 fully saturated rings. The van der Waals surface area contributed by atoms with Crippen molar-refractivity contribution in [1.29, 1.82) is 0 Å². The van der Waals surface area contributed by atoms with E-state index in [1.54, 1.807) is 0 Å². The fourth-order valence-electron chi connectivity index (χ4n) is 2.27. The van der Waals surface area contributed by atoms with E-state index in [1.807, 2.05) is 0 Å². The molecule has 2 heterocycles. The summed E-state index contributed by atoms with van der Waals surface area (Å²) in [5.41, 5.74) is 0. The second-order valence-electron chi connectivity index (χ2n) is 4.04. The lowest BCUT2D eigenvalue weighted by Gasteiger charge is -2.35. The predicted molar refractivity (Wildman–Crippen MR) is 59.4 cm³/mol. The lowest BCUT2D eigenvalue weighted by atomic mass is 10.2. The van der Waals surface area contributed by atoms with Crippen LogP contribution in [-0.4, -0.2) is 48.1 Å². The zero-order valence-electron chi connectivity index (χ0n) is 8.46. The maximum atomic E-state index is 3.45. The normalized spacial score (nSPS) is 36.7. The minimum Gasteiger partial charge on any atom is -0.315 e. The van der Waals surface area contributed by atoms with Crippen LogP contribution in [0.2, 0.25) is 0 Å². The molecule has 2 saturated heterocycles. The molecule has 3 heteroatoms. The van der Waals surface area contributed by atoms with Gasteiger partial charge in [-0.25, -0.2) is 0 Å². The third-order valence-electron chi connectivity index (χ3n) is 3.18. The van der Waals surface area contributed by atoms with Crippen LogP contribution in [0.4, 0.5) is 0 Å². The molecule has 2 aliphatic heterocycles. The summed E-state index contributed by atoms with van der Waals surface area (Å²) in [5.74, 6) is 1.34. The van der Waals surface area contributed by atoms with E-state index in [1.165, 1.54) is 44.8 Å². The molecule has 2 rings (SSSR count). The standard InChI is InChI=1S/C10H20N2S/c1-2-10-8-12(5-6-13-10)9-3-4-11-7-9/h9-11H,2-8H2,1H3. The summed E-state index contributed by atoms with van der Waals surface area (Å²) in [4.78, 5) is 2.70. The molecule has 76 valence electrons. The van der Waals surface area contributed by atoms with Crippen LogP contribution in [0.3, 0.4) is 0 Å². The largest absolute Gasteiger partial charge is 0.315 e. The highest BCUT2D eigenvalue weighted by Gasteiger charge is 2.26. The molecule has 0 saturated carbocycles. The molecule has 0 amide bonds. The zero-order valence-corrected chi connectivity index (χ0v) is 9.28. The fraction of sp³-hybridized carbons (Fsp3) is 1.00. The molecule has 2 aliphatic rings. The smallest absolute Gasteiger partial charge is 0.0233 e. The summed E-state index contributed by atoms with van der Waals surface area (Å²) in [6, 6.07) is 0.843. The van der Waals surface area contributed by atoms with Crippen molar-refractivity contribution in [2.45, 2.75) is 31.1 Å². The third-order valence-corrected chi connectivity index (χ3v) is 4.55. The molecular formula is C10H20N2S. The molecule has 0 spiro atoms. The first-order valence-corrected chi connectivity index (χ1v) is 6.51. The Morgan fingerprint density at radius 2 is 2.46 bits per heavy atom. The van der Waals surface area contributed by atoms with Gasteiger partial charge in [-0.2, -0.15) is 11.8 Å². The molecule has 2 unspecified atom stereocenters. The van der Waals surface area contributed by atoms with E-state index in [2.05, 4.69) is 28.9 Å². The van der Waals surface area contributed by atoms with Crippen LogP contribution in [-0.2, 0) is 0 Å². The Morgan fingerprint density at radius 3 is 3.15 bits per heavy atom. The first-order chi connectivity index (χ1) is 6.40. The van der Waals surface area contributed by atoms with Gasteiger partial charge in [0.05, 0.1) is 0 Å². The van der Waals surface area contributed by atoms with Gasteiger partial charge in [0.2, 0.25) is 0 Å². The molecule has 2 atom stereocenters. The minimum absolute atomic E-state index is 0.843. The molecule has 2 nitrogen and oxygen atoms in total. The van der Waals surface area contributed by atoms with Gasteiger partial charge in [-0.3, -0.25) is 4.90 Å². The summed E-state index contributed by atoms with van der Waals surface area (Å²) >= 11 is 2.16. The average molecular weight is 200 g/mol. The predicted octanol–water partition coefficient (Wildman–Crippen LogP) is 1.18. The highest BCUT2D eigenvalue weighted by atomic mass is 32.2. The monoisotopic (exact) mass is 200 g/mol. The number of nitrogens with zero attached hydrogens (tertiary/aromatic N) is 1. The molecule has 0 bridgehead atoms. The summed E-state index contributed by atoms with van der Waals surface area (Å²) < 4.78 is 0. The van der Waals surface area contributed by atoms with Gasteiger partial charge in [0.25, 0.3) is 0 Å². The third kappa shape index (κ3) is 2.39. The molecule has 1 N–H and O–H groups in total. The summed E-state index contributed by atoms with van der Waals surface area (Å²) in [5, 5.41) is 4.35. The van der Waals surface area contributed by atoms with Crippen molar-refractivity contribution in [3.8, 4) is 0 Å². The summed E-state index contributed by atoms with van der Waals surface area (Å²) in [7, 11) is 0. The van der Waals surface area contributed by atoms with Crippen LogP contribution in [0, 0.1) is 0 Å². The van der Waals surface area contributed by atoms with E-state index in [4.69, 9.17) is 0 Å². The number of hydrogen-bond acceptors (Lipinski definition) is 3. The van der Waals surface area contributed by atoms with E-state index < -0.39 is 0 Å². The summed E-state index contributed by atoms with van der Waals surface area (Å²) in [6.07, 6.45) is 2.70. The lowest BCUT2D eigenvalue weighted by molar-refractivity contribution is 0.214. The lowest BCUT2D eigenvalue weighted by Crippen LogP contribution is -2.45. The SMILES string of the molecule is CCC1CN(C2CCNC2)CCS1. The van der Waals surface area contributed by atoms with Crippen LogP contribution in [0.5, 0.6) is 0 Å². The first-order valence-electron chi connectivity index (χ1n) is 5.46. The van der Waals surface area contributed by atoms with Crippen molar-refractivity contribution in [3.63, 3.8) is 0 Å². The topological polar surface area (TPSA) is 15.3 Å². The average Bonchev–Trinajstić information content (AvgIpc) is 2.71. The Labute approximate surface area is 85.4 Å². The zero-order chi connectivity index (χ0) is 9.10. The van der Waals surface area contributed by atoms with Crippen molar-refractivity contribution in [2.75, 3.05) is 31.9 Å². The van der Waals surface area contributed by atoms with Gasteiger partial charge in [-0.15, -0.1) is 0 Å². The molecule has 0 aliphatic carbocycles. The Hall–Kier alpha value is 0.270. The quantitative estimate of drug-likeness (QED) is 0.720. The van der Waals surface area contributed by atoms with Crippen molar-refractivity contribution < 1.29 is 0 Å². The van der Waals surface area contributed by atoms with Gasteiger partial charge in [0.15, 0.2) is 0 Å². The van der Waals surface area contributed by atoms with Gasteiger partial charge < -0.3 is 5.32 Å². The number of hydrogen-bond donors (Lipinski definition) is 1. The molecule has 0 aromatic rings. The fourth-order valence-corrected chi connectivity index (χ4v) is 3.48. The van der Waals surface area contributed by atoms with Gasteiger partial charge in [-0.05, 0) is 19.4 Å². The Morgan fingerprint density at radius 1 is 1.54 bits per heavy atom. The molecule has 0 radical (unpaired) electrons. The van der Waals surface area contributed by atoms with Crippen LogP contribution in [0.15, 0.2) is 0 Å². The Balaban J connectivity index is 1.84. The van der Waals surface area contributed by atoms with Gasteiger partial charge in [0.1, 0.15) is 0 Å². The number of rotatable bonds is 2. The first kappa shape index (κ1) is 9.81. The minimum atomic E-state index is 0.843. The second kappa shape index (κ2) is 4.67. The van der Waals surface area contributed by atoms with Crippen molar-refractivity contribution in [3.05, 3.63) is 0 Å². The molecule has 0 aromatic carbocycles. The number of nitrogens with one attached hydrogen (secondary N) is 1. The summed E-state index contributed by atoms with van der Waals surface area (Å²) in [6.45, 7) is 7.40. The maximum absolute atomic E-state index is 3.45. The molecule has 0 aromatic heterocycles. The highest BCUT2D eigenvalue weighted by molar-refractivity contribution is 8.00. The highest BCUT2D eigenvalue weighted by Crippen LogP contribution is 2.23. The van der Waals surface area contributed by atoms with Crippen molar-refractivity contribution in [2.24, 2.45) is 0 Å². The van der Waals surface area contributed by atoms with E-state index in [9.17, 15) is 0 Å². The van der Waals surface area contributed by atoms with Crippen molar-refractivity contribution >= 4 is 11.8 Å². The molecular weight excluding hydrogens is 180 g/mol. The Kier molecular flexibility index (Phi) is 3.52.